The molecule has 3 rings (SSSR count). The lowest BCUT2D eigenvalue weighted by Crippen LogP contribution is -2.42. The van der Waals surface area contributed by atoms with Gasteiger partial charge in [-0.05, 0) is 18.2 Å². The van der Waals surface area contributed by atoms with Crippen molar-refractivity contribution in [1.82, 2.24) is 10.2 Å². The summed E-state index contributed by atoms with van der Waals surface area (Å²) in [4.78, 5) is 14.2. The van der Waals surface area contributed by atoms with E-state index in [1.54, 1.807) is 23.7 Å². The Balaban J connectivity index is 1.80. The van der Waals surface area contributed by atoms with E-state index in [2.05, 4.69) is 10.2 Å². The molecule has 1 aromatic carbocycles. The number of hydrogen-bond donors (Lipinski definition) is 0. The van der Waals surface area contributed by atoms with Crippen LogP contribution in [0.15, 0.2) is 51.7 Å². The number of benzene rings is 1. The van der Waals surface area contributed by atoms with Gasteiger partial charge < -0.3 is 4.90 Å². The Kier molecular flexibility index (Phi) is 4.79. The third-order valence-corrected chi connectivity index (χ3v) is 6.43. The van der Waals surface area contributed by atoms with Crippen LogP contribution in [-0.2, 0) is 14.6 Å². The Morgan fingerprint density at radius 3 is 2.74 bits per heavy atom. The molecule has 9 heteroatoms. The second-order valence-electron chi connectivity index (χ2n) is 4.82. The first-order valence-corrected chi connectivity index (χ1v) is 10.3. The average molecular weight is 367 g/mol. The monoisotopic (exact) mass is 367 g/mol. The Morgan fingerprint density at radius 1 is 1.35 bits per heavy atom. The van der Waals surface area contributed by atoms with Crippen LogP contribution in [0.1, 0.15) is 0 Å². The number of carbonyl (C=O) groups excluding carboxylic acids is 1. The molecule has 0 bridgehead atoms. The van der Waals surface area contributed by atoms with Crippen LogP contribution in [0.3, 0.4) is 0 Å². The third-order valence-electron chi connectivity index (χ3n) is 3.20. The van der Waals surface area contributed by atoms with Crippen molar-refractivity contribution in [1.29, 1.82) is 0 Å². The van der Waals surface area contributed by atoms with Crippen molar-refractivity contribution in [2.24, 2.45) is 0 Å². The quantitative estimate of drug-likeness (QED) is 0.752. The largest absolute Gasteiger partial charge is 0.304 e. The molecular weight excluding hydrogens is 354 g/mol. The molecular formula is C14H13N3O3S3. The van der Waals surface area contributed by atoms with Crippen LogP contribution in [0, 0.1) is 0 Å². The SMILES string of the molecule is O=C(CSc1nncs1)N(c1ccccc1)[C@@H]1C=CS(=O)(=O)C1. The van der Waals surface area contributed by atoms with Crippen molar-refractivity contribution in [3.05, 3.63) is 47.3 Å². The second-order valence-corrected chi connectivity index (χ2v) is 8.80. The van der Waals surface area contributed by atoms with Crippen LogP contribution in [0.25, 0.3) is 0 Å². The van der Waals surface area contributed by atoms with Gasteiger partial charge in [0.05, 0.1) is 17.5 Å². The molecule has 2 aromatic rings. The summed E-state index contributed by atoms with van der Waals surface area (Å²) in [7, 11) is -3.24. The molecule has 1 atom stereocenters. The smallest absolute Gasteiger partial charge is 0.238 e. The molecule has 0 spiro atoms. The van der Waals surface area contributed by atoms with Crippen LogP contribution in [0.5, 0.6) is 0 Å². The highest BCUT2D eigenvalue weighted by molar-refractivity contribution is 8.01. The average Bonchev–Trinajstić information content (AvgIpc) is 3.16. The summed E-state index contributed by atoms with van der Waals surface area (Å²) < 4.78 is 24.1. The molecule has 0 N–H and O–H groups in total. The maximum absolute atomic E-state index is 12.7. The minimum absolute atomic E-state index is 0.0862. The molecule has 0 aliphatic carbocycles. The standard InChI is InChI=1S/C14H13N3O3S3/c18-13(8-21-14-16-15-10-22-14)17(11-4-2-1-3-5-11)12-6-7-23(19,20)9-12/h1-7,10,12H,8-9H2/t12-/m1/s1. The van der Waals surface area contributed by atoms with Crippen LogP contribution in [0.4, 0.5) is 5.69 Å². The molecule has 1 amide bonds. The number of amides is 1. The molecule has 23 heavy (non-hydrogen) atoms. The Hall–Kier alpha value is -1.71. The van der Waals surface area contributed by atoms with Gasteiger partial charge in [-0.3, -0.25) is 4.79 Å². The Morgan fingerprint density at radius 2 is 2.13 bits per heavy atom. The zero-order valence-electron chi connectivity index (χ0n) is 11.9. The second kappa shape index (κ2) is 6.81. The van der Waals surface area contributed by atoms with Crippen molar-refractivity contribution in [2.75, 3.05) is 16.4 Å². The van der Waals surface area contributed by atoms with Crippen LogP contribution < -0.4 is 4.90 Å². The van der Waals surface area contributed by atoms with E-state index >= 15 is 0 Å². The van der Waals surface area contributed by atoms with E-state index in [1.807, 2.05) is 18.2 Å². The highest BCUT2D eigenvalue weighted by Crippen LogP contribution is 2.25. The minimum atomic E-state index is -3.24. The summed E-state index contributed by atoms with van der Waals surface area (Å²) in [6.07, 6.45) is 1.57. The highest BCUT2D eigenvalue weighted by atomic mass is 32.2. The summed E-state index contributed by atoms with van der Waals surface area (Å²) in [5, 5.41) is 8.80. The number of sulfone groups is 1. The number of rotatable bonds is 5. The van der Waals surface area contributed by atoms with Crippen LogP contribution in [0.2, 0.25) is 0 Å². The molecule has 1 aliphatic rings. The van der Waals surface area contributed by atoms with E-state index in [4.69, 9.17) is 0 Å². The summed E-state index contributed by atoms with van der Waals surface area (Å²) >= 11 is 2.66. The van der Waals surface area contributed by atoms with E-state index < -0.39 is 15.9 Å². The van der Waals surface area contributed by atoms with Gasteiger partial charge in [-0.25, -0.2) is 8.42 Å². The predicted molar refractivity (Wildman–Crippen MR) is 91.3 cm³/mol. The van der Waals surface area contributed by atoms with Crippen molar-refractivity contribution in [3.8, 4) is 0 Å². The first-order valence-electron chi connectivity index (χ1n) is 6.72. The van der Waals surface area contributed by atoms with Crippen LogP contribution in [-0.4, -0.2) is 42.1 Å². The molecule has 1 aliphatic heterocycles. The molecule has 0 saturated heterocycles. The Labute approximate surface area is 142 Å². The lowest BCUT2D eigenvalue weighted by atomic mass is 10.2. The van der Waals surface area contributed by atoms with E-state index in [-0.39, 0.29) is 17.4 Å². The molecule has 6 nitrogen and oxygen atoms in total. The molecule has 0 saturated carbocycles. The first kappa shape index (κ1) is 16.2. The number of para-hydroxylation sites is 1. The molecule has 120 valence electrons. The van der Waals surface area contributed by atoms with Crippen molar-refractivity contribution in [2.45, 2.75) is 10.4 Å². The zero-order chi connectivity index (χ0) is 16.3. The van der Waals surface area contributed by atoms with E-state index in [9.17, 15) is 13.2 Å². The summed E-state index contributed by atoms with van der Waals surface area (Å²) in [6, 6.07) is 8.61. The predicted octanol–water partition coefficient (Wildman–Crippen LogP) is 1.97. The lowest BCUT2D eigenvalue weighted by molar-refractivity contribution is -0.116. The fourth-order valence-electron chi connectivity index (χ4n) is 2.25. The van der Waals surface area contributed by atoms with Gasteiger partial charge in [0.1, 0.15) is 5.51 Å². The van der Waals surface area contributed by atoms with E-state index in [0.717, 1.165) is 0 Å². The fraction of sp³-hybridized carbons (Fsp3) is 0.214. The van der Waals surface area contributed by atoms with Crippen LogP contribution >= 0.6 is 23.1 Å². The van der Waals surface area contributed by atoms with E-state index in [1.165, 1.54) is 33.4 Å². The van der Waals surface area contributed by atoms with E-state index in [0.29, 0.717) is 10.0 Å². The summed E-state index contributed by atoms with van der Waals surface area (Å²) in [5.74, 6) is -0.0749. The van der Waals surface area contributed by atoms with Gasteiger partial charge in [0, 0.05) is 11.1 Å². The van der Waals surface area contributed by atoms with Gasteiger partial charge in [-0.2, -0.15) is 0 Å². The number of nitrogens with zero attached hydrogens (tertiary/aromatic N) is 3. The van der Waals surface area contributed by atoms with Gasteiger partial charge in [0.25, 0.3) is 0 Å². The van der Waals surface area contributed by atoms with Gasteiger partial charge >= 0.3 is 0 Å². The first-order chi connectivity index (χ1) is 11.1. The molecule has 0 unspecified atom stereocenters. The molecule has 0 radical (unpaired) electrons. The number of thioether (sulfide) groups is 1. The number of aromatic nitrogens is 2. The lowest BCUT2D eigenvalue weighted by Gasteiger charge is -2.27. The van der Waals surface area contributed by atoms with Crippen molar-refractivity contribution < 1.29 is 13.2 Å². The van der Waals surface area contributed by atoms with Gasteiger partial charge in [-0.15, -0.1) is 10.2 Å². The van der Waals surface area contributed by atoms with Crippen molar-refractivity contribution >= 4 is 44.5 Å². The normalized spacial score (nSPS) is 18.9. The summed E-state index contributed by atoms with van der Waals surface area (Å²) in [6.45, 7) is 0. The molecule has 1 aromatic heterocycles. The highest BCUT2D eigenvalue weighted by Gasteiger charge is 2.31. The van der Waals surface area contributed by atoms with Gasteiger partial charge in [-0.1, -0.05) is 41.3 Å². The van der Waals surface area contributed by atoms with Gasteiger partial charge in [0.15, 0.2) is 14.2 Å². The fourth-order valence-corrected chi connectivity index (χ4v) is 4.86. The summed E-state index contributed by atoms with van der Waals surface area (Å²) in [5.41, 5.74) is 2.29. The topological polar surface area (TPSA) is 80.2 Å². The maximum atomic E-state index is 12.7. The number of hydrogen-bond acceptors (Lipinski definition) is 7. The zero-order valence-corrected chi connectivity index (χ0v) is 14.4. The van der Waals surface area contributed by atoms with Crippen molar-refractivity contribution in [3.63, 3.8) is 0 Å². The minimum Gasteiger partial charge on any atom is -0.304 e. The molecule has 2 heterocycles. The maximum Gasteiger partial charge on any atom is 0.238 e. The third kappa shape index (κ3) is 3.98. The number of carbonyl (C=O) groups is 1. The molecule has 0 fully saturated rings. The number of anilines is 1. The van der Waals surface area contributed by atoms with Gasteiger partial charge in [0.2, 0.25) is 5.91 Å². The Bertz CT molecular complexity index is 804.